The van der Waals surface area contributed by atoms with Crippen molar-refractivity contribution in [1.82, 2.24) is 10.2 Å². The lowest BCUT2D eigenvalue weighted by atomic mass is 10.1. The summed E-state index contributed by atoms with van der Waals surface area (Å²) in [6, 6.07) is 1.77. The van der Waals surface area contributed by atoms with Gasteiger partial charge in [-0.2, -0.15) is 0 Å². The molecule has 2 heteroatoms. The van der Waals surface area contributed by atoms with Gasteiger partial charge in [-0.1, -0.05) is 13.3 Å². The number of nitrogens with one attached hydrogen (secondary N) is 1. The molecule has 2 rings (SSSR count). The highest BCUT2D eigenvalue weighted by atomic mass is 15.2. The van der Waals surface area contributed by atoms with Gasteiger partial charge in [0.2, 0.25) is 0 Å². The molecule has 0 aromatic rings. The SMILES string of the molecule is CCC[C@H]1CCCN1[C@H]1CCNC1. The van der Waals surface area contributed by atoms with Crippen LogP contribution in [-0.4, -0.2) is 36.6 Å². The Labute approximate surface area is 81.7 Å². The Bertz CT molecular complexity index is 152. The topological polar surface area (TPSA) is 15.3 Å². The average molecular weight is 182 g/mol. The van der Waals surface area contributed by atoms with Crippen LogP contribution in [0.25, 0.3) is 0 Å². The summed E-state index contributed by atoms with van der Waals surface area (Å²) in [7, 11) is 0. The van der Waals surface area contributed by atoms with Gasteiger partial charge >= 0.3 is 0 Å². The predicted molar refractivity (Wildman–Crippen MR) is 55.9 cm³/mol. The lowest BCUT2D eigenvalue weighted by molar-refractivity contribution is 0.182. The Morgan fingerprint density at radius 1 is 1.38 bits per heavy atom. The molecule has 0 aromatic heterocycles. The third-order valence-corrected chi connectivity index (χ3v) is 3.55. The highest BCUT2D eigenvalue weighted by Gasteiger charge is 2.31. The van der Waals surface area contributed by atoms with E-state index in [0.717, 1.165) is 12.1 Å². The maximum Gasteiger partial charge on any atom is 0.0235 e. The Hall–Kier alpha value is -0.0800. The van der Waals surface area contributed by atoms with Crippen molar-refractivity contribution in [3.8, 4) is 0 Å². The van der Waals surface area contributed by atoms with E-state index in [0.29, 0.717) is 0 Å². The van der Waals surface area contributed by atoms with Crippen molar-refractivity contribution in [3.05, 3.63) is 0 Å². The molecule has 76 valence electrons. The first-order valence-electron chi connectivity index (χ1n) is 5.88. The summed E-state index contributed by atoms with van der Waals surface area (Å²) in [6.45, 7) is 6.14. The van der Waals surface area contributed by atoms with Gasteiger partial charge in [0.1, 0.15) is 0 Å². The highest BCUT2D eigenvalue weighted by molar-refractivity contribution is 4.88. The normalized spacial score (nSPS) is 35.8. The van der Waals surface area contributed by atoms with Crippen LogP contribution in [0.2, 0.25) is 0 Å². The summed E-state index contributed by atoms with van der Waals surface area (Å²) < 4.78 is 0. The first kappa shape index (κ1) is 9.47. The molecule has 0 radical (unpaired) electrons. The lowest BCUT2D eigenvalue weighted by Gasteiger charge is -2.29. The number of hydrogen-bond acceptors (Lipinski definition) is 2. The van der Waals surface area contributed by atoms with Crippen LogP contribution in [0, 0.1) is 0 Å². The van der Waals surface area contributed by atoms with E-state index in [9.17, 15) is 0 Å². The van der Waals surface area contributed by atoms with Crippen molar-refractivity contribution in [3.63, 3.8) is 0 Å². The van der Waals surface area contributed by atoms with E-state index in [1.54, 1.807) is 0 Å². The summed E-state index contributed by atoms with van der Waals surface area (Å²) >= 11 is 0. The van der Waals surface area contributed by atoms with E-state index in [1.807, 2.05) is 0 Å². The van der Waals surface area contributed by atoms with Gasteiger partial charge in [0.05, 0.1) is 0 Å². The summed E-state index contributed by atoms with van der Waals surface area (Å²) in [5.41, 5.74) is 0. The van der Waals surface area contributed by atoms with Gasteiger partial charge in [-0.05, 0) is 38.8 Å². The fourth-order valence-electron chi connectivity index (χ4n) is 2.90. The van der Waals surface area contributed by atoms with Crippen LogP contribution in [0.4, 0.5) is 0 Å². The molecule has 0 amide bonds. The van der Waals surface area contributed by atoms with Crippen molar-refractivity contribution in [2.75, 3.05) is 19.6 Å². The lowest BCUT2D eigenvalue weighted by Crippen LogP contribution is -2.40. The Morgan fingerprint density at radius 3 is 3.00 bits per heavy atom. The van der Waals surface area contributed by atoms with E-state index in [4.69, 9.17) is 0 Å². The van der Waals surface area contributed by atoms with Crippen molar-refractivity contribution < 1.29 is 0 Å². The molecule has 2 aliphatic heterocycles. The maximum absolute atomic E-state index is 3.47. The molecule has 0 spiro atoms. The van der Waals surface area contributed by atoms with Gasteiger partial charge in [0.15, 0.2) is 0 Å². The number of hydrogen-bond donors (Lipinski definition) is 1. The second kappa shape index (κ2) is 4.43. The summed E-state index contributed by atoms with van der Waals surface area (Å²) in [5, 5.41) is 3.47. The van der Waals surface area contributed by atoms with Gasteiger partial charge in [0.25, 0.3) is 0 Å². The fraction of sp³-hybridized carbons (Fsp3) is 1.00. The van der Waals surface area contributed by atoms with Crippen molar-refractivity contribution in [2.24, 2.45) is 0 Å². The molecule has 2 aliphatic rings. The Balaban J connectivity index is 1.88. The minimum Gasteiger partial charge on any atom is -0.315 e. The van der Waals surface area contributed by atoms with E-state index >= 15 is 0 Å². The quantitative estimate of drug-likeness (QED) is 0.713. The molecular formula is C11H22N2. The first-order chi connectivity index (χ1) is 6.42. The molecule has 2 heterocycles. The number of rotatable bonds is 3. The Morgan fingerprint density at radius 2 is 2.31 bits per heavy atom. The van der Waals surface area contributed by atoms with Crippen LogP contribution in [0.1, 0.15) is 39.0 Å². The van der Waals surface area contributed by atoms with Gasteiger partial charge in [-0.15, -0.1) is 0 Å². The molecule has 0 aromatic carbocycles. The smallest absolute Gasteiger partial charge is 0.0235 e. The first-order valence-corrected chi connectivity index (χ1v) is 5.88. The van der Waals surface area contributed by atoms with Gasteiger partial charge < -0.3 is 5.32 Å². The number of nitrogens with zero attached hydrogens (tertiary/aromatic N) is 1. The zero-order chi connectivity index (χ0) is 9.10. The van der Waals surface area contributed by atoms with Crippen LogP contribution in [0.15, 0.2) is 0 Å². The third-order valence-electron chi connectivity index (χ3n) is 3.55. The van der Waals surface area contributed by atoms with E-state index < -0.39 is 0 Å². The fourth-order valence-corrected chi connectivity index (χ4v) is 2.90. The predicted octanol–water partition coefficient (Wildman–Crippen LogP) is 1.61. The van der Waals surface area contributed by atoms with Crippen LogP contribution in [0.3, 0.4) is 0 Å². The van der Waals surface area contributed by atoms with Crippen LogP contribution in [-0.2, 0) is 0 Å². The summed E-state index contributed by atoms with van der Waals surface area (Å²) in [4.78, 5) is 2.77. The summed E-state index contributed by atoms with van der Waals surface area (Å²) in [6.07, 6.45) is 7.02. The third kappa shape index (κ3) is 2.05. The summed E-state index contributed by atoms with van der Waals surface area (Å²) in [5.74, 6) is 0. The largest absolute Gasteiger partial charge is 0.315 e. The zero-order valence-electron chi connectivity index (χ0n) is 8.76. The molecule has 2 fully saturated rings. The van der Waals surface area contributed by atoms with Crippen molar-refractivity contribution >= 4 is 0 Å². The van der Waals surface area contributed by atoms with E-state index in [-0.39, 0.29) is 0 Å². The molecule has 2 saturated heterocycles. The van der Waals surface area contributed by atoms with Crippen LogP contribution in [0.5, 0.6) is 0 Å². The molecular weight excluding hydrogens is 160 g/mol. The maximum atomic E-state index is 3.47. The monoisotopic (exact) mass is 182 g/mol. The molecule has 0 aliphatic carbocycles. The molecule has 13 heavy (non-hydrogen) atoms. The van der Waals surface area contributed by atoms with Crippen LogP contribution >= 0.6 is 0 Å². The van der Waals surface area contributed by atoms with Gasteiger partial charge in [-0.3, -0.25) is 4.90 Å². The zero-order valence-corrected chi connectivity index (χ0v) is 8.76. The molecule has 0 saturated carbocycles. The second-order valence-corrected chi connectivity index (χ2v) is 4.47. The van der Waals surface area contributed by atoms with Gasteiger partial charge in [-0.25, -0.2) is 0 Å². The molecule has 2 atom stereocenters. The minimum absolute atomic E-state index is 0.860. The van der Waals surface area contributed by atoms with Crippen molar-refractivity contribution in [1.29, 1.82) is 0 Å². The molecule has 1 N–H and O–H groups in total. The second-order valence-electron chi connectivity index (χ2n) is 4.47. The molecule has 2 nitrogen and oxygen atoms in total. The highest BCUT2D eigenvalue weighted by Crippen LogP contribution is 2.25. The molecule has 0 unspecified atom stereocenters. The van der Waals surface area contributed by atoms with E-state index in [2.05, 4.69) is 17.1 Å². The standard InChI is InChI=1S/C11H22N2/c1-2-4-10-5-3-8-13(10)11-6-7-12-9-11/h10-12H,2-9H2,1H3/t10-,11-/m0/s1. The van der Waals surface area contributed by atoms with E-state index in [1.165, 1.54) is 51.7 Å². The average Bonchev–Trinajstić information content (AvgIpc) is 2.71. The number of likely N-dealkylation sites (tertiary alicyclic amines) is 1. The minimum atomic E-state index is 0.860. The van der Waals surface area contributed by atoms with Gasteiger partial charge in [0, 0.05) is 18.6 Å². The van der Waals surface area contributed by atoms with Crippen molar-refractivity contribution in [2.45, 2.75) is 51.1 Å². The molecule has 0 bridgehead atoms. The van der Waals surface area contributed by atoms with Crippen LogP contribution < -0.4 is 5.32 Å². The Kier molecular flexibility index (Phi) is 3.23.